The highest BCUT2D eigenvalue weighted by molar-refractivity contribution is 6.13. The van der Waals surface area contributed by atoms with Gasteiger partial charge in [0.15, 0.2) is 0 Å². The van der Waals surface area contributed by atoms with Crippen LogP contribution in [0.5, 0.6) is 0 Å². The lowest BCUT2D eigenvalue weighted by Gasteiger charge is -2.13. The molecule has 1 aliphatic heterocycles. The molecular weight excluding hydrogens is 248 g/mol. The Labute approximate surface area is 114 Å². The highest BCUT2D eigenvalue weighted by Gasteiger charge is 2.29. The average molecular weight is 258 g/mol. The van der Waals surface area contributed by atoms with Crippen LogP contribution in [0.4, 0.5) is 5.69 Å². The molecule has 0 bridgehead atoms. The Morgan fingerprint density at radius 1 is 1.20 bits per heavy atom. The summed E-state index contributed by atoms with van der Waals surface area (Å²) in [5.74, 6) is 0.235. The third-order valence-corrected chi connectivity index (χ3v) is 3.99. The molecular formula is C16H10N4. The number of hydrogen-bond donors (Lipinski definition) is 0. The van der Waals surface area contributed by atoms with Crippen LogP contribution in [-0.2, 0) is 0 Å². The molecule has 5 rings (SSSR count). The van der Waals surface area contributed by atoms with Crippen LogP contribution in [0.2, 0.25) is 0 Å². The zero-order valence-corrected chi connectivity index (χ0v) is 10.6. The Hall–Kier alpha value is -2.75. The Balaban J connectivity index is 2.03. The minimum absolute atomic E-state index is 0.235. The smallest absolute Gasteiger partial charge is 0.147 e. The van der Waals surface area contributed by atoms with Gasteiger partial charge < -0.3 is 0 Å². The maximum Gasteiger partial charge on any atom is 0.147 e. The summed E-state index contributed by atoms with van der Waals surface area (Å²) < 4.78 is 2.05. The van der Waals surface area contributed by atoms with E-state index in [1.54, 1.807) is 0 Å². The van der Waals surface area contributed by atoms with Gasteiger partial charge in [0, 0.05) is 23.1 Å². The molecule has 2 aliphatic rings. The number of aromatic nitrogens is 3. The van der Waals surface area contributed by atoms with Crippen molar-refractivity contribution < 1.29 is 0 Å². The van der Waals surface area contributed by atoms with Crippen LogP contribution in [0.25, 0.3) is 16.6 Å². The van der Waals surface area contributed by atoms with Gasteiger partial charge >= 0.3 is 0 Å². The van der Waals surface area contributed by atoms with Gasteiger partial charge in [-0.1, -0.05) is 18.2 Å². The molecule has 0 spiro atoms. The van der Waals surface area contributed by atoms with Crippen LogP contribution in [0.1, 0.15) is 11.5 Å². The van der Waals surface area contributed by atoms with Crippen LogP contribution in [0.3, 0.4) is 0 Å². The van der Waals surface area contributed by atoms with Gasteiger partial charge in [-0.25, -0.2) is 9.97 Å². The number of hydrogen-bond acceptors (Lipinski definition) is 3. The second kappa shape index (κ2) is 3.42. The van der Waals surface area contributed by atoms with Crippen LogP contribution in [0.15, 0.2) is 60.2 Å². The summed E-state index contributed by atoms with van der Waals surface area (Å²) >= 11 is 0. The van der Waals surface area contributed by atoms with Gasteiger partial charge in [-0.15, -0.1) is 0 Å². The standard InChI is InChI=1S/C16H10N4/c1-2-6-12-10(4-1)14-13-8-17-9-20(13)16-11(15(14)19-12)5-3-7-18-16/h1-10H. The van der Waals surface area contributed by atoms with Gasteiger partial charge in [-0.05, 0) is 18.2 Å². The number of aliphatic imine (C=N–C) groups is 1. The summed E-state index contributed by atoms with van der Waals surface area (Å²) in [6.45, 7) is 0. The first-order chi connectivity index (χ1) is 9.93. The Bertz CT molecular complexity index is 959. The summed E-state index contributed by atoms with van der Waals surface area (Å²) in [7, 11) is 0. The second-order valence-electron chi connectivity index (χ2n) is 5.04. The van der Waals surface area contributed by atoms with Crippen LogP contribution in [-0.4, -0.2) is 20.1 Å². The molecule has 0 aromatic carbocycles. The minimum atomic E-state index is 0.235. The van der Waals surface area contributed by atoms with Crippen LogP contribution < -0.4 is 0 Å². The topological polar surface area (TPSA) is 42.5 Å². The van der Waals surface area contributed by atoms with E-state index in [1.165, 1.54) is 5.56 Å². The molecule has 0 saturated carbocycles. The lowest BCUT2D eigenvalue weighted by Crippen LogP contribution is -2.06. The monoisotopic (exact) mass is 258 g/mol. The molecule has 3 aromatic rings. The van der Waals surface area contributed by atoms with E-state index in [1.807, 2.05) is 30.9 Å². The zero-order chi connectivity index (χ0) is 13.1. The number of fused-ring (bicyclic) bond motifs is 8. The quantitative estimate of drug-likeness (QED) is 0.621. The van der Waals surface area contributed by atoms with E-state index in [4.69, 9.17) is 4.99 Å². The van der Waals surface area contributed by atoms with Gasteiger partial charge in [0.1, 0.15) is 12.0 Å². The summed E-state index contributed by atoms with van der Waals surface area (Å²) in [6.07, 6.45) is 13.9. The number of nitrogens with zero attached hydrogens (tertiary/aromatic N) is 4. The molecule has 1 aliphatic carbocycles. The first-order valence-corrected chi connectivity index (χ1v) is 6.59. The van der Waals surface area contributed by atoms with Crippen molar-refractivity contribution in [2.24, 2.45) is 4.99 Å². The molecule has 3 aromatic heterocycles. The molecule has 4 heterocycles. The van der Waals surface area contributed by atoms with Crippen molar-refractivity contribution in [3.63, 3.8) is 0 Å². The number of pyridine rings is 2. The highest BCUT2D eigenvalue weighted by atomic mass is 15.0. The van der Waals surface area contributed by atoms with Crippen molar-refractivity contribution >= 4 is 27.9 Å². The predicted molar refractivity (Wildman–Crippen MR) is 78.6 cm³/mol. The van der Waals surface area contributed by atoms with Crippen molar-refractivity contribution in [3.8, 4) is 0 Å². The molecule has 0 N–H and O–H groups in total. The fourth-order valence-electron chi connectivity index (χ4n) is 3.14. The molecule has 1 atom stereocenters. The van der Waals surface area contributed by atoms with Gasteiger partial charge in [-0.3, -0.25) is 9.39 Å². The summed E-state index contributed by atoms with van der Waals surface area (Å²) in [5.41, 5.74) is 5.38. The van der Waals surface area contributed by atoms with E-state index in [0.717, 1.165) is 27.9 Å². The van der Waals surface area contributed by atoms with E-state index in [9.17, 15) is 0 Å². The molecule has 4 heteroatoms. The predicted octanol–water partition coefficient (Wildman–Crippen LogP) is 3.18. The molecule has 1 unspecified atom stereocenters. The summed E-state index contributed by atoms with van der Waals surface area (Å²) in [4.78, 5) is 13.6. The molecule has 94 valence electrons. The first-order valence-electron chi connectivity index (χ1n) is 6.59. The van der Waals surface area contributed by atoms with Crippen molar-refractivity contribution in [1.29, 1.82) is 0 Å². The molecule has 20 heavy (non-hydrogen) atoms. The van der Waals surface area contributed by atoms with Gasteiger partial charge in [0.25, 0.3) is 0 Å². The SMILES string of the molecule is C1=CC2=Nc3c(c4cncn4c4ncccc34)C2C=C1. The van der Waals surface area contributed by atoms with Crippen LogP contribution in [0, 0.1) is 0 Å². The lowest BCUT2D eigenvalue weighted by atomic mass is 9.92. The van der Waals surface area contributed by atoms with Crippen LogP contribution >= 0.6 is 0 Å². The fraction of sp³-hybridized carbons (Fsp3) is 0.0625. The number of allylic oxidation sites excluding steroid dienone is 4. The zero-order valence-electron chi connectivity index (χ0n) is 10.6. The first kappa shape index (κ1) is 10.1. The normalized spacial score (nSPS) is 19.4. The van der Waals surface area contributed by atoms with E-state index < -0.39 is 0 Å². The average Bonchev–Trinajstić information content (AvgIpc) is 3.11. The Morgan fingerprint density at radius 3 is 3.20 bits per heavy atom. The maximum atomic E-state index is 4.83. The molecule has 0 saturated heterocycles. The fourth-order valence-corrected chi connectivity index (χ4v) is 3.14. The second-order valence-corrected chi connectivity index (χ2v) is 5.04. The molecule has 0 fully saturated rings. The number of rotatable bonds is 0. The minimum Gasteiger partial charge on any atom is -0.283 e. The van der Waals surface area contributed by atoms with Crippen molar-refractivity contribution in [3.05, 3.63) is 60.7 Å². The van der Waals surface area contributed by atoms with Gasteiger partial charge in [-0.2, -0.15) is 0 Å². The van der Waals surface area contributed by atoms with Gasteiger partial charge in [0.2, 0.25) is 0 Å². The maximum absolute atomic E-state index is 4.83. The number of imidazole rings is 1. The Kier molecular flexibility index (Phi) is 1.72. The van der Waals surface area contributed by atoms with Crippen molar-refractivity contribution in [2.75, 3.05) is 0 Å². The molecule has 4 nitrogen and oxygen atoms in total. The highest BCUT2D eigenvalue weighted by Crippen LogP contribution is 2.44. The van der Waals surface area contributed by atoms with Gasteiger partial charge in [0.05, 0.1) is 23.1 Å². The third kappa shape index (κ3) is 1.09. The van der Waals surface area contributed by atoms with Crippen molar-refractivity contribution in [2.45, 2.75) is 5.92 Å². The lowest BCUT2D eigenvalue weighted by molar-refractivity contribution is 1.13. The van der Waals surface area contributed by atoms with E-state index in [2.05, 4.69) is 38.7 Å². The van der Waals surface area contributed by atoms with E-state index in [-0.39, 0.29) is 5.92 Å². The third-order valence-electron chi connectivity index (χ3n) is 3.99. The largest absolute Gasteiger partial charge is 0.283 e. The van der Waals surface area contributed by atoms with Crippen molar-refractivity contribution in [1.82, 2.24) is 14.4 Å². The molecule has 0 radical (unpaired) electrons. The van der Waals surface area contributed by atoms with E-state index >= 15 is 0 Å². The molecule has 0 amide bonds. The summed E-state index contributed by atoms with van der Waals surface area (Å²) in [6, 6.07) is 4.04. The summed E-state index contributed by atoms with van der Waals surface area (Å²) in [5, 5.41) is 1.08. The Morgan fingerprint density at radius 2 is 2.20 bits per heavy atom. The van der Waals surface area contributed by atoms with E-state index in [0.29, 0.717) is 0 Å².